The second kappa shape index (κ2) is 5.12. The molecule has 1 aliphatic rings. The summed E-state index contributed by atoms with van der Waals surface area (Å²) in [5.41, 5.74) is 1.45. The molecule has 1 atom stereocenters. The molecule has 88 valence electrons. The van der Waals surface area contributed by atoms with Gasteiger partial charge < -0.3 is 10.6 Å². The number of nitrogens with zero attached hydrogens (tertiary/aromatic N) is 1. The molecule has 0 bridgehead atoms. The fraction of sp³-hybridized carbons (Fsp3) is 0.636. The smallest absolute Gasteiger partial charge is 0.254 e. The number of aromatic amines is 1. The molecule has 1 amide bonds. The van der Waals surface area contributed by atoms with Crippen molar-refractivity contribution >= 4 is 5.91 Å². The van der Waals surface area contributed by atoms with Gasteiger partial charge in [-0.1, -0.05) is 0 Å². The quantitative estimate of drug-likeness (QED) is 0.698. The lowest BCUT2D eigenvalue weighted by atomic mass is 10.1. The van der Waals surface area contributed by atoms with Crippen LogP contribution in [-0.2, 0) is 0 Å². The second-order valence-corrected chi connectivity index (χ2v) is 4.25. The van der Waals surface area contributed by atoms with Crippen molar-refractivity contribution in [3.05, 3.63) is 17.5 Å². The van der Waals surface area contributed by atoms with Crippen LogP contribution < -0.4 is 10.6 Å². The van der Waals surface area contributed by atoms with Crippen LogP contribution in [0.1, 0.15) is 35.3 Å². The van der Waals surface area contributed by atoms with Crippen molar-refractivity contribution in [3.8, 4) is 0 Å². The monoisotopic (exact) mass is 222 g/mol. The summed E-state index contributed by atoms with van der Waals surface area (Å²) in [5, 5.41) is 12.9. The Kier molecular flexibility index (Phi) is 3.56. The largest absolute Gasteiger partial charge is 0.352 e. The third kappa shape index (κ3) is 2.61. The van der Waals surface area contributed by atoms with Crippen LogP contribution in [0.3, 0.4) is 0 Å². The molecule has 2 heterocycles. The van der Waals surface area contributed by atoms with Gasteiger partial charge in [0.05, 0.1) is 11.8 Å². The van der Waals surface area contributed by atoms with E-state index in [4.69, 9.17) is 0 Å². The van der Waals surface area contributed by atoms with Crippen LogP contribution in [0, 0.1) is 6.92 Å². The lowest BCUT2D eigenvalue weighted by Gasteiger charge is -2.10. The average molecular weight is 222 g/mol. The minimum atomic E-state index is -0.0377. The lowest BCUT2D eigenvalue weighted by molar-refractivity contribution is 0.0952. The molecule has 1 aliphatic heterocycles. The second-order valence-electron chi connectivity index (χ2n) is 4.25. The van der Waals surface area contributed by atoms with Crippen LogP contribution >= 0.6 is 0 Å². The topological polar surface area (TPSA) is 69.8 Å². The highest BCUT2D eigenvalue weighted by molar-refractivity contribution is 5.94. The number of aryl methyl sites for hydroxylation is 1. The number of nitrogens with one attached hydrogen (secondary N) is 3. The third-order valence-corrected chi connectivity index (χ3v) is 3.02. The van der Waals surface area contributed by atoms with Gasteiger partial charge in [0.1, 0.15) is 0 Å². The van der Waals surface area contributed by atoms with E-state index in [0.29, 0.717) is 11.6 Å². The summed E-state index contributed by atoms with van der Waals surface area (Å²) in [7, 11) is 0. The van der Waals surface area contributed by atoms with Crippen molar-refractivity contribution < 1.29 is 4.79 Å². The summed E-state index contributed by atoms with van der Waals surface area (Å²) in [6.07, 6.45) is 5.04. The first kappa shape index (κ1) is 11.1. The van der Waals surface area contributed by atoms with Crippen LogP contribution in [-0.4, -0.2) is 35.2 Å². The summed E-state index contributed by atoms with van der Waals surface area (Å²) in [6, 6.07) is 0.575. The van der Waals surface area contributed by atoms with E-state index in [-0.39, 0.29) is 5.91 Å². The van der Waals surface area contributed by atoms with Crippen molar-refractivity contribution in [2.24, 2.45) is 0 Å². The third-order valence-electron chi connectivity index (χ3n) is 3.02. The molecule has 1 aromatic rings. The molecule has 0 spiro atoms. The SMILES string of the molecule is Cc1[nH]ncc1C(=O)NCC[C@H]1CCCN1. The predicted molar refractivity (Wildman–Crippen MR) is 61.3 cm³/mol. The molecule has 0 radical (unpaired) electrons. The molecule has 0 saturated carbocycles. The Labute approximate surface area is 95.0 Å². The van der Waals surface area contributed by atoms with Crippen LogP contribution in [0.2, 0.25) is 0 Å². The van der Waals surface area contributed by atoms with E-state index in [0.717, 1.165) is 25.2 Å². The zero-order chi connectivity index (χ0) is 11.4. The van der Waals surface area contributed by atoms with E-state index >= 15 is 0 Å². The van der Waals surface area contributed by atoms with E-state index < -0.39 is 0 Å². The van der Waals surface area contributed by atoms with Crippen LogP contribution in [0.15, 0.2) is 6.20 Å². The minimum absolute atomic E-state index is 0.0377. The van der Waals surface area contributed by atoms with E-state index in [1.165, 1.54) is 12.8 Å². The molecule has 3 N–H and O–H groups in total. The first-order valence-corrected chi connectivity index (χ1v) is 5.79. The summed E-state index contributed by atoms with van der Waals surface area (Å²) >= 11 is 0. The van der Waals surface area contributed by atoms with Crippen LogP contribution in [0.25, 0.3) is 0 Å². The summed E-state index contributed by atoms with van der Waals surface area (Å²) in [4.78, 5) is 11.7. The Hall–Kier alpha value is -1.36. The summed E-state index contributed by atoms with van der Waals surface area (Å²) in [5.74, 6) is -0.0377. The molecule has 1 fully saturated rings. The summed E-state index contributed by atoms with van der Waals surface area (Å²) < 4.78 is 0. The molecule has 0 aliphatic carbocycles. The molecule has 5 nitrogen and oxygen atoms in total. The van der Waals surface area contributed by atoms with Gasteiger partial charge in [0.25, 0.3) is 5.91 Å². The van der Waals surface area contributed by atoms with Gasteiger partial charge in [-0.15, -0.1) is 0 Å². The zero-order valence-corrected chi connectivity index (χ0v) is 9.55. The maximum absolute atomic E-state index is 11.7. The molecule has 1 aromatic heterocycles. The number of hydrogen-bond donors (Lipinski definition) is 3. The lowest BCUT2D eigenvalue weighted by Crippen LogP contribution is -2.30. The number of hydrogen-bond acceptors (Lipinski definition) is 3. The molecule has 0 unspecified atom stereocenters. The highest BCUT2D eigenvalue weighted by Gasteiger charge is 2.14. The Morgan fingerprint density at radius 1 is 1.69 bits per heavy atom. The molecular formula is C11H18N4O. The Morgan fingerprint density at radius 2 is 2.56 bits per heavy atom. The van der Waals surface area contributed by atoms with Crippen molar-refractivity contribution in [3.63, 3.8) is 0 Å². The average Bonchev–Trinajstić information content (AvgIpc) is 2.88. The van der Waals surface area contributed by atoms with Crippen LogP contribution in [0.4, 0.5) is 0 Å². The van der Waals surface area contributed by atoms with Crippen molar-refractivity contribution in [1.82, 2.24) is 20.8 Å². The van der Waals surface area contributed by atoms with E-state index in [1.54, 1.807) is 6.20 Å². The first-order chi connectivity index (χ1) is 7.77. The Balaban J connectivity index is 1.73. The molecular weight excluding hydrogens is 204 g/mol. The summed E-state index contributed by atoms with van der Waals surface area (Å²) in [6.45, 7) is 3.68. The molecule has 0 aromatic carbocycles. The Morgan fingerprint density at radius 3 is 3.19 bits per heavy atom. The first-order valence-electron chi connectivity index (χ1n) is 5.79. The fourth-order valence-electron chi connectivity index (χ4n) is 2.04. The van der Waals surface area contributed by atoms with E-state index in [2.05, 4.69) is 20.8 Å². The van der Waals surface area contributed by atoms with E-state index in [1.807, 2.05) is 6.92 Å². The van der Waals surface area contributed by atoms with E-state index in [9.17, 15) is 4.79 Å². The van der Waals surface area contributed by atoms with Gasteiger partial charge >= 0.3 is 0 Å². The van der Waals surface area contributed by atoms with Crippen molar-refractivity contribution in [1.29, 1.82) is 0 Å². The van der Waals surface area contributed by atoms with Gasteiger partial charge in [0.15, 0.2) is 0 Å². The zero-order valence-electron chi connectivity index (χ0n) is 9.55. The Bertz CT molecular complexity index is 355. The van der Waals surface area contributed by atoms with Gasteiger partial charge in [0, 0.05) is 18.3 Å². The predicted octanol–water partition coefficient (Wildman–Crippen LogP) is 0.590. The number of aromatic nitrogens is 2. The maximum atomic E-state index is 11.7. The van der Waals surface area contributed by atoms with Crippen molar-refractivity contribution in [2.75, 3.05) is 13.1 Å². The van der Waals surface area contributed by atoms with Crippen LogP contribution in [0.5, 0.6) is 0 Å². The van der Waals surface area contributed by atoms with Gasteiger partial charge in [0.2, 0.25) is 0 Å². The minimum Gasteiger partial charge on any atom is -0.352 e. The number of H-pyrrole nitrogens is 1. The normalized spacial score (nSPS) is 19.9. The van der Waals surface area contributed by atoms with Gasteiger partial charge in [-0.25, -0.2) is 0 Å². The number of carbonyl (C=O) groups is 1. The number of carbonyl (C=O) groups excluding carboxylic acids is 1. The highest BCUT2D eigenvalue weighted by atomic mass is 16.1. The van der Waals surface area contributed by atoms with Crippen molar-refractivity contribution in [2.45, 2.75) is 32.2 Å². The fourth-order valence-corrected chi connectivity index (χ4v) is 2.04. The van der Waals surface area contributed by atoms with Gasteiger partial charge in [-0.2, -0.15) is 5.10 Å². The highest BCUT2D eigenvalue weighted by Crippen LogP contribution is 2.08. The molecule has 5 heteroatoms. The molecule has 16 heavy (non-hydrogen) atoms. The number of rotatable bonds is 4. The molecule has 1 saturated heterocycles. The van der Waals surface area contributed by atoms with Gasteiger partial charge in [-0.3, -0.25) is 9.89 Å². The van der Waals surface area contributed by atoms with Gasteiger partial charge in [-0.05, 0) is 32.7 Å². The number of amides is 1. The maximum Gasteiger partial charge on any atom is 0.254 e. The molecule has 2 rings (SSSR count). The standard InChI is InChI=1S/C11H18N4O/c1-8-10(7-14-15-8)11(16)13-6-4-9-3-2-5-12-9/h7,9,12H,2-6H2,1H3,(H,13,16)(H,14,15)/t9-/m1/s1.